The standard InChI is InChI=1S/C18H23NO2.ClH/c20-18-16(13-15-5-2-1-3-6-15)7-4-8-17(18)14-19-9-11-21-12-10-19;/h1-3,5-6,13,17H,4,7-12,14H2;1H/b16-13-;. The zero-order chi connectivity index (χ0) is 14.5. The number of allylic oxidation sites excluding steroid dienone is 1. The number of carbonyl (C=O) groups excluding carboxylic acids is 1. The molecule has 0 amide bonds. The Bertz CT molecular complexity index is 509. The maximum atomic E-state index is 12.7. The minimum Gasteiger partial charge on any atom is -0.379 e. The molecule has 1 saturated heterocycles. The lowest BCUT2D eigenvalue weighted by molar-refractivity contribution is -0.121. The highest BCUT2D eigenvalue weighted by Crippen LogP contribution is 2.27. The van der Waals surface area contributed by atoms with Gasteiger partial charge < -0.3 is 4.74 Å². The molecule has 4 heteroatoms. The minimum atomic E-state index is 0. The number of benzene rings is 1. The fourth-order valence-electron chi connectivity index (χ4n) is 3.22. The number of hydrogen-bond donors (Lipinski definition) is 0. The quantitative estimate of drug-likeness (QED) is 0.801. The van der Waals surface area contributed by atoms with Crippen molar-refractivity contribution in [3.63, 3.8) is 0 Å². The highest BCUT2D eigenvalue weighted by Gasteiger charge is 2.28. The first-order valence-electron chi connectivity index (χ1n) is 7.93. The minimum absolute atomic E-state index is 0. The number of ether oxygens (including phenoxy) is 1. The van der Waals surface area contributed by atoms with Crippen molar-refractivity contribution in [2.45, 2.75) is 19.3 Å². The summed E-state index contributed by atoms with van der Waals surface area (Å²) < 4.78 is 5.38. The maximum absolute atomic E-state index is 12.7. The zero-order valence-electron chi connectivity index (χ0n) is 12.9. The molecule has 0 aromatic heterocycles. The van der Waals surface area contributed by atoms with Crippen molar-refractivity contribution in [2.24, 2.45) is 5.92 Å². The van der Waals surface area contributed by atoms with Crippen LogP contribution in [0.15, 0.2) is 35.9 Å². The Morgan fingerprint density at radius 2 is 1.91 bits per heavy atom. The number of rotatable bonds is 3. The van der Waals surface area contributed by atoms with E-state index in [2.05, 4.69) is 23.1 Å². The van der Waals surface area contributed by atoms with Crippen molar-refractivity contribution in [1.82, 2.24) is 4.90 Å². The van der Waals surface area contributed by atoms with Crippen LogP contribution < -0.4 is 0 Å². The molecule has 1 aromatic rings. The molecule has 0 N–H and O–H groups in total. The molecule has 1 atom stereocenters. The monoisotopic (exact) mass is 321 g/mol. The first kappa shape index (κ1) is 17.2. The van der Waals surface area contributed by atoms with E-state index in [4.69, 9.17) is 4.74 Å². The van der Waals surface area contributed by atoms with Gasteiger partial charge in [-0.25, -0.2) is 0 Å². The van der Waals surface area contributed by atoms with E-state index in [0.717, 1.165) is 63.2 Å². The van der Waals surface area contributed by atoms with E-state index in [-0.39, 0.29) is 18.3 Å². The van der Waals surface area contributed by atoms with Gasteiger partial charge in [-0.3, -0.25) is 9.69 Å². The van der Waals surface area contributed by atoms with Crippen LogP contribution in [0.4, 0.5) is 0 Å². The molecule has 0 bridgehead atoms. The van der Waals surface area contributed by atoms with Gasteiger partial charge in [-0.2, -0.15) is 0 Å². The van der Waals surface area contributed by atoms with E-state index < -0.39 is 0 Å². The Hall–Kier alpha value is -1.16. The molecule has 3 rings (SSSR count). The highest BCUT2D eigenvalue weighted by molar-refractivity contribution is 6.01. The predicted octanol–water partition coefficient (Wildman–Crippen LogP) is 3.19. The summed E-state index contributed by atoms with van der Waals surface area (Å²) >= 11 is 0. The van der Waals surface area contributed by atoms with E-state index in [1.165, 1.54) is 0 Å². The molecule has 0 spiro atoms. The maximum Gasteiger partial charge on any atom is 0.163 e. The van der Waals surface area contributed by atoms with Crippen LogP contribution in [0.25, 0.3) is 6.08 Å². The van der Waals surface area contributed by atoms with Gasteiger partial charge in [-0.15, -0.1) is 12.4 Å². The van der Waals surface area contributed by atoms with Crippen molar-refractivity contribution in [2.75, 3.05) is 32.8 Å². The van der Waals surface area contributed by atoms with Crippen LogP contribution in [-0.2, 0) is 9.53 Å². The van der Waals surface area contributed by atoms with Gasteiger partial charge in [0.05, 0.1) is 13.2 Å². The second-order valence-corrected chi connectivity index (χ2v) is 5.95. The number of hydrogen-bond acceptors (Lipinski definition) is 3. The second-order valence-electron chi connectivity index (χ2n) is 5.95. The van der Waals surface area contributed by atoms with Crippen LogP contribution in [0.3, 0.4) is 0 Å². The Kier molecular flexibility index (Phi) is 6.62. The molecule has 1 saturated carbocycles. The van der Waals surface area contributed by atoms with Crippen molar-refractivity contribution in [1.29, 1.82) is 0 Å². The third-order valence-electron chi connectivity index (χ3n) is 4.41. The van der Waals surface area contributed by atoms with Crippen LogP contribution in [0, 0.1) is 5.92 Å². The smallest absolute Gasteiger partial charge is 0.163 e. The number of nitrogens with zero attached hydrogens (tertiary/aromatic N) is 1. The van der Waals surface area contributed by atoms with Gasteiger partial charge in [0, 0.05) is 25.6 Å². The molecule has 1 aliphatic carbocycles. The number of morpholine rings is 1. The Morgan fingerprint density at radius 1 is 1.18 bits per heavy atom. The Labute approximate surface area is 138 Å². The topological polar surface area (TPSA) is 29.5 Å². The molecular weight excluding hydrogens is 298 g/mol. The van der Waals surface area contributed by atoms with Gasteiger partial charge in [0.1, 0.15) is 0 Å². The fourth-order valence-corrected chi connectivity index (χ4v) is 3.22. The molecular formula is C18H24ClNO2. The van der Waals surface area contributed by atoms with Gasteiger partial charge in [0.15, 0.2) is 5.78 Å². The first-order chi connectivity index (χ1) is 10.3. The SMILES string of the molecule is Cl.O=C1/C(=C\c2ccccc2)CCCC1CN1CCOCC1. The van der Waals surface area contributed by atoms with Crippen molar-refractivity contribution >= 4 is 24.3 Å². The Balaban J connectivity index is 0.00000176. The summed E-state index contributed by atoms with van der Waals surface area (Å²) in [5.74, 6) is 0.531. The molecule has 0 radical (unpaired) electrons. The molecule has 3 nitrogen and oxygen atoms in total. The van der Waals surface area contributed by atoms with Crippen LogP contribution in [0.5, 0.6) is 0 Å². The largest absolute Gasteiger partial charge is 0.379 e. The number of Topliss-reactive ketones (excluding diaryl/α,β-unsaturated/α-hetero) is 1. The molecule has 1 aromatic carbocycles. The molecule has 2 fully saturated rings. The molecule has 2 aliphatic rings. The summed E-state index contributed by atoms with van der Waals surface area (Å²) in [5, 5.41) is 0. The lowest BCUT2D eigenvalue weighted by atomic mass is 9.83. The fraction of sp³-hybridized carbons (Fsp3) is 0.500. The average molecular weight is 322 g/mol. The van der Waals surface area contributed by atoms with E-state index in [9.17, 15) is 4.79 Å². The highest BCUT2D eigenvalue weighted by atomic mass is 35.5. The molecule has 1 heterocycles. The molecule has 1 aliphatic heterocycles. The number of carbonyl (C=O) groups is 1. The predicted molar refractivity (Wildman–Crippen MR) is 91.3 cm³/mol. The Morgan fingerprint density at radius 3 is 2.64 bits per heavy atom. The summed E-state index contributed by atoms with van der Waals surface area (Å²) in [4.78, 5) is 15.0. The third-order valence-corrected chi connectivity index (χ3v) is 4.41. The summed E-state index contributed by atoms with van der Waals surface area (Å²) in [7, 11) is 0. The van der Waals surface area contributed by atoms with Crippen LogP contribution in [0.1, 0.15) is 24.8 Å². The van der Waals surface area contributed by atoms with Gasteiger partial charge in [0.25, 0.3) is 0 Å². The molecule has 1 unspecified atom stereocenters. The molecule has 22 heavy (non-hydrogen) atoms. The third kappa shape index (κ3) is 4.42. The van der Waals surface area contributed by atoms with E-state index >= 15 is 0 Å². The van der Waals surface area contributed by atoms with Gasteiger partial charge in [-0.1, -0.05) is 30.3 Å². The first-order valence-corrected chi connectivity index (χ1v) is 7.93. The van der Waals surface area contributed by atoms with E-state index in [1.54, 1.807) is 0 Å². The van der Waals surface area contributed by atoms with Crippen LogP contribution in [-0.4, -0.2) is 43.5 Å². The lowest BCUT2D eigenvalue weighted by Crippen LogP contribution is -2.42. The second kappa shape index (κ2) is 8.47. The van der Waals surface area contributed by atoms with Crippen molar-refractivity contribution in [3.8, 4) is 0 Å². The summed E-state index contributed by atoms with van der Waals surface area (Å²) in [6.45, 7) is 4.42. The number of ketones is 1. The molecule has 120 valence electrons. The van der Waals surface area contributed by atoms with Crippen molar-refractivity contribution < 1.29 is 9.53 Å². The lowest BCUT2D eigenvalue weighted by Gasteiger charge is -2.32. The summed E-state index contributed by atoms with van der Waals surface area (Å²) in [5.41, 5.74) is 2.14. The van der Waals surface area contributed by atoms with Gasteiger partial charge in [-0.05, 0) is 36.5 Å². The zero-order valence-corrected chi connectivity index (χ0v) is 13.7. The van der Waals surface area contributed by atoms with Crippen LogP contribution in [0.2, 0.25) is 0 Å². The normalized spacial score (nSPS) is 25.0. The van der Waals surface area contributed by atoms with Gasteiger partial charge in [0.2, 0.25) is 0 Å². The number of halogens is 1. The van der Waals surface area contributed by atoms with E-state index in [1.807, 2.05) is 18.2 Å². The van der Waals surface area contributed by atoms with Crippen molar-refractivity contribution in [3.05, 3.63) is 41.5 Å². The summed E-state index contributed by atoms with van der Waals surface area (Å²) in [6, 6.07) is 10.2. The average Bonchev–Trinajstić information content (AvgIpc) is 2.53. The van der Waals surface area contributed by atoms with Gasteiger partial charge >= 0.3 is 0 Å². The van der Waals surface area contributed by atoms with E-state index in [0.29, 0.717) is 5.78 Å². The van der Waals surface area contributed by atoms with Crippen LogP contribution >= 0.6 is 12.4 Å². The summed E-state index contributed by atoms with van der Waals surface area (Å²) in [6.07, 6.45) is 5.16.